The number of benzene rings is 1. The molecule has 0 amide bonds. The molecule has 1 fully saturated rings. The van der Waals surface area contributed by atoms with Crippen molar-refractivity contribution in [2.75, 3.05) is 11.1 Å². The summed E-state index contributed by atoms with van der Waals surface area (Å²) < 4.78 is 23.2. The lowest BCUT2D eigenvalue weighted by Crippen LogP contribution is -2.21. The van der Waals surface area contributed by atoms with Crippen LogP contribution in [-0.2, 0) is 10.0 Å². The number of sulfonamides is 1. The van der Waals surface area contributed by atoms with Gasteiger partial charge in [0.1, 0.15) is 0 Å². The molecule has 0 bridgehead atoms. The van der Waals surface area contributed by atoms with E-state index >= 15 is 0 Å². The molecule has 6 heteroatoms. The topological polar surface area (TPSA) is 98.2 Å². The molecule has 0 aliphatic heterocycles. The summed E-state index contributed by atoms with van der Waals surface area (Å²) >= 11 is 0. The molecule has 0 aromatic heterocycles. The summed E-state index contributed by atoms with van der Waals surface area (Å²) in [6.07, 6.45) is 7.19. The number of rotatable bonds is 3. The van der Waals surface area contributed by atoms with Crippen LogP contribution in [0.2, 0.25) is 0 Å². The molecule has 1 aromatic carbocycles. The molecule has 1 aromatic rings. The molecule has 0 spiro atoms. The van der Waals surface area contributed by atoms with Crippen molar-refractivity contribution in [3.05, 3.63) is 17.7 Å². The van der Waals surface area contributed by atoms with Crippen molar-refractivity contribution in [3.63, 3.8) is 0 Å². The molecule has 5 nitrogen and oxygen atoms in total. The summed E-state index contributed by atoms with van der Waals surface area (Å²) in [4.78, 5) is 0.105. The van der Waals surface area contributed by atoms with Crippen LogP contribution in [0.4, 0.5) is 11.4 Å². The van der Waals surface area contributed by atoms with Gasteiger partial charge in [0.2, 0.25) is 10.0 Å². The summed E-state index contributed by atoms with van der Waals surface area (Å²) in [5, 5.41) is 8.68. The Morgan fingerprint density at radius 1 is 1.15 bits per heavy atom. The number of nitrogens with one attached hydrogen (secondary N) is 1. The quantitative estimate of drug-likeness (QED) is 0.589. The Morgan fingerprint density at radius 2 is 1.75 bits per heavy atom. The summed E-state index contributed by atoms with van der Waals surface area (Å²) in [6, 6.07) is 3.59. The van der Waals surface area contributed by atoms with Crippen LogP contribution < -0.4 is 16.2 Å². The first-order chi connectivity index (χ1) is 9.38. The van der Waals surface area contributed by atoms with Crippen LogP contribution in [-0.4, -0.2) is 14.5 Å². The molecule has 2 rings (SSSR count). The molecule has 0 heterocycles. The van der Waals surface area contributed by atoms with Crippen molar-refractivity contribution in [3.8, 4) is 0 Å². The van der Waals surface area contributed by atoms with E-state index in [-0.39, 0.29) is 4.90 Å². The minimum absolute atomic E-state index is 0.105. The molecule has 1 saturated carbocycles. The fraction of sp³-hybridized carbons (Fsp3) is 0.571. The average Bonchev–Trinajstić information content (AvgIpc) is 2.60. The van der Waals surface area contributed by atoms with Gasteiger partial charge < -0.3 is 11.1 Å². The first-order valence-corrected chi connectivity index (χ1v) is 8.62. The van der Waals surface area contributed by atoms with E-state index in [2.05, 4.69) is 5.32 Å². The van der Waals surface area contributed by atoms with Gasteiger partial charge in [0, 0.05) is 17.4 Å². The summed E-state index contributed by atoms with van der Waals surface area (Å²) in [5.74, 6) is 0. The second-order valence-corrected chi connectivity index (χ2v) is 7.10. The highest BCUT2D eigenvalue weighted by molar-refractivity contribution is 7.89. The van der Waals surface area contributed by atoms with E-state index in [1.807, 2.05) is 0 Å². The van der Waals surface area contributed by atoms with Gasteiger partial charge in [0.05, 0.1) is 4.90 Å². The third-order valence-corrected chi connectivity index (χ3v) is 4.94. The van der Waals surface area contributed by atoms with Crippen LogP contribution in [0.25, 0.3) is 0 Å². The lowest BCUT2D eigenvalue weighted by atomic mass is 10.1. The van der Waals surface area contributed by atoms with Crippen LogP contribution in [0, 0.1) is 6.92 Å². The molecule has 0 atom stereocenters. The van der Waals surface area contributed by atoms with Crippen LogP contribution in [0.1, 0.15) is 44.1 Å². The van der Waals surface area contributed by atoms with Crippen molar-refractivity contribution >= 4 is 21.4 Å². The smallest absolute Gasteiger partial charge is 0.238 e. The Hall–Kier alpha value is -1.27. The maximum atomic E-state index is 11.6. The summed E-state index contributed by atoms with van der Waals surface area (Å²) in [7, 11) is -3.75. The highest BCUT2D eigenvalue weighted by Gasteiger charge is 2.18. The monoisotopic (exact) mass is 297 g/mol. The van der Waals surface area contributed by atoms with E-state index in [0.29, 0.717) is 17.3 Å². The van der Waals surface area contributed by atoms with Crippen molar-refractivity contribution < 1.29 is 8.42 Å². The van der Waals surface area contributed by atoms with Crippen LogP contribution in [0.3, 0.4) is 0 Å². The maximum Gasteiger partial charge on any atom is 0.238 e. The normalized spacial score (nSPS) is 17.7. The molecule has 1 aliphatic rings. The Morgan fingerprint density at radius 3 is 2.30 bits per heavy atom. The van der Waals surface area contributed by atoms with Gasteiger partial charge in [-0.1, -0.05) is 25.7 Å². The molecule has 1 aliphatic carbocycles. The van der Waals surface area contributed by atoms with Crippen molar-refractivity contribution in [2.45, 2.75) is 56.4 Å². The lowest BCUT2D eigenvalue weighted by Gasteiger charge is -2.21. The minimum Gasteiger partial charge on any atom is -0.399 e. The molecule has 5 N–H and O–H groups in total. The molecule has 0 saturated heterocycles. The van der Waals surface area contributed by atoms with Crippen LogP contribution >= 0.6 is 0 Å². The van der Waals surface area contributed by atoms with Crippen molar-refractivity contribution in [1.82, 2.24) is 0 Å². The first kappa shape index (κ1) is 15.1. The van der Waals surface area contributed by atoms with E-state index in [0.717, 1.165) is 18.5 Å². The Labute approximate surface area is 120 Å². The van der Waals surface area contributed by atoms with Gasteiger partial charge >= 0.3 is 0 Å². The van der Waals surface area contributed by atoms with E-state index in [1.165, 1.54) is 31.7 Å². The first-order valence-electron chi connectivity index (χ1n) is 7.07. The predicted molar refractivity (Wildman–Crippen MR) is 82.1 cm³/mol. The molecule has 20 heavy (non-hydrogen) atoms. The van der Waals surface area contributed by atoms with E-state index in [1.54, 1.807) is 13.0 Å². The zero-order chi connectivity index (χ0) is 14.8. The fourth-order valence-electron chi connectivity index (χ4n) is 2.80. The lowest BCUT2D eigenvalue weighted by molar-refractivity contribution is 0.596. The second kappa shape index (κ2) is 6.01. The number of hydrogen-bond acceptors (Lipinski definition) is 4. The molecular weight excluding hydrogens is 274 g/mol. The van der Waals surface area contributed by atoms with E-state index < -0.39 is 10.0 Å². The van der Waals surface area contributed by atoms with Gasteiger partial charge in [-0.3, -0.25) is 0 Å². The fourth-order valence-corrected chi connectivity index (χ4v) is 3.64. The van der Waals surface area contributed by atoms with E-state index in [9.17, 15) is 8.42 Å². The summed E-state index contributed by atoms with van der Waals surface area (Å²) in [5.41, 5.74) is 7.64. The Balaban J connectivity index is 2.29. The van der Waals surface area contributed by atoms with Gasteiger partial charge in [-0.2, -0.15) is 0 Å². The Bertz CT molecular complexity index is 576. The van der Waals surface area contributed by atoms with Crippen molar-refractivity contribution in [2.24, 2.45) is 5.14 Å². The highest BCUT2D eigenvalue weighted by Crippen LogP contribution is 2.29. The largest absolute Gasteiger partial charge is 0.399 e. The predicted octanol–water partition coefficient (Wildman–Crippen LogP) is 2.36. The molecule has 112 valence electrons. The molecular formula is C14H23N3O2S. The Kier molecular flexibility index (Phi) is 4.55. The van der Waals surface area contributed by atoms with Gasteiger partial charge in [-0.25, -0.2) is 13.6 Å². The average molecular weight is 297 g/mol. The number of hydrogen-bond donors (Lipinski definition) is 3. The number of primary sulfonamides is 1. The van der Waals surface area contributed by atoms with Gasteiger partial charge in [0.15, 0.2) is 0 Å². The zero-order valence-corrected chi connectivity index (χ0v) is 12.7. The highest BCUT2D eigenvalue weighted by atomic mass is 32.2. The van der Waals surface area contributed by atoms with Gasteiger partial charge in [-0.05, 0) is 37.5 Å². The minimum atomic E-state index is -3.75. The third kappa shape index (κ3) is 3.64. The van der Waals surface area contributed by atoms with Crippen LogP contribution in [0.15, 0.2) is 17.0 Å². The second-order valence-electron chi connectivity index (χ2n) is 5.57. The maximum absolute atomic E-state index is 11.6. The van der Waals surface area contributed by atoms with Gasteiger partial charge in [-0.15, -0.1) is 0 Å². The number of nitrogens with two attached hydrogens (primary N) is 2. The van der Waals surface area contributed by atoms with Crippen LogP contribution in [0.5, 0.6) is 0 Å². The summed E-state index contributed by atoms with van der Waals surface area (Å²) in [6.45, 7) is 1.76. The molecule has 0 radical (unpaired) electrons. The molecule has 0 unspecified atom stereocenters. The number of anilines is 2. The zero-order valence-electron chi connectivity index (χ0n) is 11.9. The number of nitrogen functional groups attached to an aromatic ring is 1. The standard InChI is InChI=1S/C14H23N3O2S/c1-10-13(17-12-6-4-2-3-5-7-12)8-11(15)9-14(10)20(16,18)19/h8-9,12,17H,2-7,15H2,1H3,(H2,16,18,19). The third-order valence-electron chi connectivity index (χ3n) is 3.90. The van der Waals surface area contributed by atoms with Gasteiger partial charge in [0.25, 0.3) is 0 Å². The SMILES string of the molecule is Cc1c(NC2CCCCCC2)cc(N)cc1S(N)(=O)=O. The van der Waals surface area contributed by atoms with E-state index in [4.69, 9.17) is 10.9 Å². The van der Waals surface area contributed by atoms with Crippen molar-refractivity contribution in [1.29, 1.82) is 0 Å².